The Labute approximate surface area is 187 Å². The highest BCUT2D eigenvalue weighted by atomic mass is 127. The van der Waals surface area contributed by atoms with Gasteiger partial charge in [0.15, 0.2) is 5.96 Å². The number of rotatable bonds is 5. The highest BCUT2D eigenvalue weighted by Crippen LogP contribution is 2.44. The van der Waals surface area contributed by atoms with Gasteiger partial charge in [-0.3, -0.25) is 9.79 Å². The van der Waals surface area contributed by atoms with Crippen LogP contribution in [-0.4, -0.2) is 37.5 Å². The molecule has 0 atom stereocenters. The number of alkyl halides is 3. The van der Waals surface area contributed by atoms with Crippen molar-refractivity contribution >= 4 is 35.8 Å². The molecule has 1 saturated carbocycles. The van der Waals surface area contributed by atoms with Crippen LogP contribution in [0.2, 0.25) is 0 Å². The second-order valence-electron chi connectivity index (χ2n) is 8.29. The van der Waals surface area contributed by atoms with Gasteiger partial charge in [0.25, 0.3) is 0 Å². The zero-order valence-corrected chi connectivity index (χ0v) is 19.6. The summed E-state index contributed by atoms with van der Waals surface area (Å²) in [5.41, 5.74) is -0.624. The van der Waals surface area contributed by atoms with Crippen LogP contribution in [-0.2, 0) is 16.4 Å². The first-order chi connectivity index (χ1) is 13.0. The highest BCUT2D eigenvalue weighted by Gasteiger charge is 2.40. The third-order valence-corrected chi connectivity index (χ3v) is 4.86. The molecule has 0 aromatic heterocycles. The molecule has 0 spiro atoms. The minimum absolute atomic E-state index is 0. The number of amides is 1. The summed E-state index contributed by atoms with van der Waals surface area (Å²) in [5.74, 6) is 0.286. The number of hydrogen-bond acceptors (Lipinski definition) is 2. The van der Waals surface area contributed by atoms with Crippen molar-refractivity contribution in [3.8, 4) is 0 Å². The van der Waals surface area contributed by atoms with Gasteiger partial charge in [-0.2, -0.15) is 13.2 Å². The maximum atomic E-state index is 13.1. The number of nitrogens with one attached hydrogen (secondary N) is 3. The van der Waals surface area contributed by atoms with Crippen LogP contribution in [0.1, 0.15) is 51.2 Å². The van der Waals surface area contributed by atoms with Crippen LogP contribution in [0, 0.1) is 0 Å². The maximum Gasteiger partial charge on any atom is 0.416 e. The molecule has 9 heteroatoms. The van der Waals surface area contributed by atoms with Gasteiger partial charge in [0, 0.05) is 24.5 Å². The average molecular weight is 526 g/mol. The number of benzene rings is 1. The molecule has 2 rings (SSSR count). The predicted molar refractivity (Wildman–Crippen MR) is 120 cm³/mol. The summed E-state index contributed by atoms with van der Waals surface area (Å²) in [6, 6.07) is 5.55. The second kappa shape index (κ2) is 9.99. The van der Waals surface area contributed by atoms with Crippen molar-refractivity contribution in [1.82, 2.24) is 16.0 Å². The van der Waals surface area contributed by atoms with Crippen molar-refractivity contribution in [2.75, 3.05) is 20.1 Å². The lowest BCUT2D eigenvalue weighted by Crippen LogP contribution is -2.51. The molecule has 5 nitrogen and oxygen atoms in total. The number of carbonyl (C=O) groups is 1. The molecule has 0 bridgehead atoms. The molecule has 1 aliphatic carbocycles. The van der Waals surface area contributed by atoms with Gasteiger partial charge in [-0.15, -0.1) is 24.0 Å². The van der Waals surface area contributed by atoms with E-state index in [1.807, 2.05) is 20.8 Å². The fourth-order valence-electron chi connectivity index (χ4n) is 3.30. The lowest BCUT2D eigenvalue weighted by molar-refractivity contribution is -0.137. The molecular weight excluding hydrogens is 496 g/mol. The topological polar surface area (TPSA) is 65.5 Å². The van der Waals surface area contributed by atoms with E-state index in [0.29, 0.717) is 18.1 Å². The van der Waals surface area contributed by atoms with Gasteiger partial charge in [-0.05, 0) is 45.2 Å². The molecular formula is C20H30F3IN4O. The third-order valence-electron chi connectivity index (χ3n) is 4.86. The highest BCUT2D eigenvalue weighted by molar-refractivity contribution is 14.0. The molecule has 0 unspecified atom stereocenters. The molecule has 0 heterocycles. The summed E-state index contributed by atoms with van der Waals surface area (Å²) >= 11 is 0. The third kappa shape index (κ3) is 7.35. The van der Waals surface area contributed by atoms with E-state index in [1.165, 1.54) is 12.1 Å². The van der Waals surface area contributed by atoms with Crippen LogP contribution in [0.4, 0.5) is 13.2 Å². The van der Waals surface area contributed by atoms with Crippen molar-refractivity contribution in [3.05, 3.63) is 35.4 Å². The summed E-state index contributed by atoms with van der Waals surface area (Å²) in [7, 11) is 1.59. The molecule has 1 aromatic rings. The van der Waals surface area contributed by atoms with Gasteiger partial charge in [0.05, 0.1) is 12.1 Å². The van der Waals surface area contributed by atoms with Crippen LogP contribution in [0.15, 0.2) is 29.3 Å². The van der Waals surface area contributed by atoms with E-state index in [9.17, 15) is 18.0 Å². The van der Waals surface area contributed by atoms with Crippen molar-refractivity contribution in [1.29, 1.82) is 0 Å². The number of guanidine groups is 1. The molecule has 1 amide bonds. The Hall–Kier alpha value is -1.52. The Morgan fingerprint density at radius 1 is 1.17 bits per heavy atom. The Kier molecular flexibility index (Phi) is 8.79. The molecule has 1 aliphatic rings. The van der Waals surface area contributed by atoms with E-state index in [4.69, 9.17) is 0 Å². The molecule has 0 aliphatic heterocycles. The maximum absolute atomic E-state index is 13.1. The fraction of sp³-hybridized carbons (Fsp3) is 0.600. The Morgan fingerprint density at radius 3 is 2.31 bits per heavy atom. The van der Waals surface area contributed by atoms with Crippen LogP contribution in [0.3, 0.4) is 0 Å². The number of hydrogen-bond donors (Lipinski definition) is 3. The Bertz CT molecular complexity index is 725. The first kappa shape index (κ1) is 25.5. The van der Waals surface area contributed by atoms with E-state index < -0.39 is 11.7 Å². The van der Waals surface area contributed by atoms with Crippen molar-refractivity contribution in [2.45, 2.75) is 57.2 Å². The number of aliphatic imine (C=N–C) groups is 1. The van der Waals surface area contributed by atoms with E-state index >= 15 is 0 Å². The molecule has 164 valence electrons. The SMILES string of the molecule is CN=C(NCC(=O)NC(C)(C)C)NCC1(c2cccc(C(F)(F)F)c2)CCC1.I. The summed E-state index contributed by atoms with van der Waals surface area (Å²) in [6.07, 6.45) is -1.77. The Morgan fingerprint density at radius 2 is 1.83 bits per heavy atom. The number of nitrogens with zero attached hydrogens (tertiary/aromatic N) is 1. The summed E-state index contributed by atoms with van der Waals surface area (Å²) in [4.78, 5) is 16.0. The molecule has 0 radical (unpaired) electrons. The Balaban J connectivity index is 0.00000420. The summed E-state index contributed by atoms with van der Waals surface area (Å²) in [6.45, 7) is 6.20. The first-order valence-electron chi connectivity index (χ1n) is 9.38. The van der Waals surface area contributed by atoms with Crippen molar-refractivity contribution < 1.29 is 18.0 Å². The average Bonchev–Trinajstić information content (AvgIpc) is 2.54. The summed E-state index contributed by atoms with van der Waals surface area (Å²) in [5, 5.41) is 8.96. The van der Waals surface area contributed by atoms with Crippen LogP contribution in [0.5, 0.6) is 0 Å². The zero-order valence-electron chi connectivity index (χ0n) is 17.2. The number of carbonyl (C=O) groups excluding carboxylic acids is 1. The normalized spacial score (nSPS) is 16.3. The second-order valence-corrected chi connectivity index (χ2v) is 8.29. The minimum atomic E-state index is -4.35. The van der Waals surface area contributed by atoms with Gasteiger partial charge in [-0.1, -0.05) is 24.6 Å². The van der Waals surface area contributed by atoms with Gasteiger partial charge >= 0.3 is 6.18 Å². The largest absolute Gasteiger partial charge is 0.416 e. The lowest BCUT2D eigenvalue weighted by Gasteiger charge is -2.43. The van der Waals surface area contributed by atoms with E-state index in [2.05, 4.69) is 20.9 Å². The monoisotopic (exact) mass is 526 g/mol. The van der Waals surface area contributed by atoms with Crippen LogP contribution >= 0.6 is 24.0 Å². The fourth-order valence-corrected chi connectivity index (χ4v) is 3.30. The minimum Gasteiger partial charge on any atom is -0.356 e. The van der Waals surface area contributed by atoms with Gasteiger partial charge in [0.2, 0.25) is 5.91 Å². The van der Waals surface area contributed by atoms with E-state index in [0.717, 1.165) is 25.3 Å². The smallest absolute Gasteiger partial charge is 0.356 e. The molecule has 1 aromatic carbocycles. The van der Waals surface area contributed by atoms with Crippen molar-refractivity contribution in [2.24, 2.45) is 4.99 Å². The molecule has 1 fully saturated rings. The van der Waals surface area contributed by atoms with Gasteiger partial charge in [-0.25, -0.2) is 0 Å². The van der Waals surface area contributed by atoms with Gasteiger partial charge < -0.3 is 16.0 Å². The zero-order chi connectivity index (χ0) is 21.0. The standard InChI is InChI=1S/C20H29F3N4O.HI/c1-18(2,3)27-16(28)12-25-17(24-4)26-13-19(9-6-10-19)14-7-5-8-15(11-14)20(21,22)23;/h5,7-8,11H,6,9-10,12-13H2,1-4H3,(H,27,28)(H2,24,25,26);1H. The number of halogens is 4. The predicted octanol–water partition coefficient (Wildman–Crippen LogP) is 3.82. The van der Waals surface area contributed by atoms with Crippen molar-refractivity contribution in [3.63, 3.8) is 0 Å². The van der Waals surface area contributed by atoms with E-state index in [-0.39, 0.29) is 47.4 Å². The van der Waals surface area contributed by atoms with Crippen LogP contribution in [0.25, 0.3) is 0 Å². The molecule has 29 heavy (non-hydrogen) atoms. The van der Waals surface area contributed by atoms with E-state index in [1.54, 1.807) is 13.1 Å². The van der Waals surface area contributed by atoms with Gasteiger partial charge in [0.1, 0.15) is 0 Å². The lowest BCUT2D eigenvalue weighted by atomic mass is 9.64. The van der Waals surface area contributed by atoms with Crippen LogP contribution < -0.4 is 16.0 Å². The first-order valence-corrected chi connectivity index (χ1v) is 9.38. The molecule has 3 N–H and O–H groups in total. The quantitative estimate of drug-likeness (QED) is 0.311. The molecule has 0 saturated heterocycles. The summed E-state index contributed by atoms with van der Waals surface area (Å²) < 4.78 is 39.2.